The predicted molar refractivity (Wildman–Crippen MR) is 82.1 cm³/mol. The van der Waals surface area contributed by atoms with Crippen molar-refractivity contribution in [2.24, 2.45) is 5.92 Å². The van der Waals surface area contributed by atoms with E-state index in [4.69, 9.17) is 0 Å². The first-order valence-electron chi connectivity index (χ1n) is 6.14. The number of rotatable bonds is 5. The quantitative estimate of drug-likeness (QED) is 0.815. The molecule has 4 nitrogen and oxygen atoms in total. The minimum Gasteiger partial charge on any atom is -0.316 e. The maximum atomic E-state index is 13.1. The van der Waals surface area contributed by atoms with Crippen molar-refractivity contribution in [3.05, 3.63) is 28.5 Å². The average Bonchev–Trinajstić information content (AvgIpc) is 2.85. The normalized spacial score (nSPS) is 18.8. The van der Waals surface area contributed by atoms with Crippen molar-refractivity contribution < 1.29 is 12.8 Å². The van der Waals surface area contributed by atoms with Crippen LogP contribution in [0.15, 0.2) is 27.6 Å². The zero-order valence-corrected chi connectivity index (χ0v) is 14.0. The van der Waals surface area contributed by atoms with Crippen molar-refractivity contribution in [3.8, 4) is 0 Å². The molecule has 0 aromatic heterocycles. The number of nitrogens with one attached hydrogen (secondary N) is 2. The lowest BCUT2D eigenvalue weighted by Crippen LogP contribution is -2.26. The van der Waals surface area contributed by atoms with Crippen LogP contribution in [0.3, 0.4) is 0 Å². The molecule has 1 heterocycles. The molecule has 20 heavy (non-hydrogen) atoms. The highest BCUT2D eigenvalue weighted by molar-refractivity contribution is 9.10. The van der Waals surface area contributed by atoms with Crippen LogP contribution in [0.5, 0.6) is 0 Å². The first-order valence-corrected chi connectivity index (χ1v) is 8.42. The van der Waals surface area contributed by atoms with Gasteiger partial charge in [0, 0.05) is 6.54 Å². The second kappa shape index (κ2) is 7.70. The van der Waals surface area contributed by atoms with Gasteiger partial charge >= 0.3 is 0 Å². The summed E-state index contributed by atoms with van der Waals surface area (Å²) in [4.78, 5) is 0.0744. The standard InChI is InChI=1S/C12H16BrFN2O2S.ClH/c13-11-7-10(1-2-12(11)14)19(17,18)16-6-4-9-3-5-15-8-9;/h1-2,7,9,15-16H,3-6,8H2;1H. The van der Waals surface area contributed by atoms with Crippen LogP contribution in [0.2, 0.25) is 0 Å². The Morgan fingerprint density at radius 2 is 2.20 bits per heavy atom. The lowest BCUT2D eigenvalue weighted by atomic mass is 10.1. The smallest absolute Gasteiger partial charge is 0.240 e. The molecule has 2 rings (SSSR count). The molecular formula is C12H17BrClFN2O2S. The van der Waals surface area contributed by atoms with E-state index in [-0.39, 0.29) is 21.8 Å². The fourth-order valence-electron chi connectivity index (χ4n) is 2.09. The van der Waals surface area contributed by atoms with Crippen LogP contribution in [0.25, 0.3) is 0 Å². The van der Waals surface area contributed by atoms with E-state index in [1.165, 1.54) is 12.1 Å². The first-order chi connectivity index (χ1) is 8.99. The maximum Gasteiger partial charge on any atom is 0.240 e. The molecule has 1 aliphatic rings. The van der Waals surface area contributed by atoms with E-state index in [1.54, 1.807) is 0 Å². The Morgan fingerprint density at radius 1 is 1.45 bits per heavy atom. The summed E-state index contributed by atoms with van der Waals surface area (Å²) >= 11 is 2.99. The molecule has 0 aliphatic carbocycles. The van der Waals surface area contributed by atoms with Crippen LogP contribution in [0.4, 0.5) is 4.39 Å². The highest BCUT2D eigenvalue weighted by atomic mass is 79.9. The monoisotopic (exact) mass is 386 g/mol. The lowest BCUT2D eigenvalue weighted by Gasteiger charge is -2.10. The molecule has 8 heteroatoms. The van der Waals surface area contributed by atoms with Gasteiger partial charge in [-0.05, 0) is 66.0 Å². The molecule has 1 saturated heterocycles. The lowest BCUT2D eigenvalue weighted by molar-refractivity contribution is 0.519. The predicted octanol–water partition coefficient (Wildman–Crippen LogP) is 2.29. The van der Waals surface area contributed by atoms with Crippen molar-refractivity contribution in [2.45, 2.75) is 17.7 Å². The van der Waals surface area contributed by atoms with Gasteiger partial charge in [-0.15, -0.1) is 12.4 Å². The molecule has 2 N–H and O–H groups in total. The Kier molecular flexibility index (Phi) is 6.87. The Morgan fingerprint density at radius 3 is 2.80 bits per heavy atom. The molecule has 0 radical (unpaired) electrons. The van der Waals surface area contributed by atoms with E-state index >= 15 is 0 Å². The molecule has 1 fully saturated rings. The SMILES string of the molecule is Cl.O=S(=O)(NCCC1CCNC1)c1ccc(F)c(Br)c1. The summed E-state index contributed by atoms with van der Waals surface area (Å²) in [5.74, 6) is 0.0543. The Balaban J connectivity index is 0.00000200. The Labute approximate surface area is 133 Å². The van der Waals surface area contributed by atoms with Crippen molar-refractivity contribution >= 4 is 38.4 Å². The van der Waals surface area contributed by atoms with Gasteiger partial charge in [0.25, 0.3) is 0 Å². The molecule has 0 bridgehead atoms. The topological polar surface area (TPSA) is 58.2 Å². The third-order valence-corrected chi connectivity index (χ3v) is 5.27. The highest BCUT2D eigenvalue weighted by Gasteiger charge is 2.18. The van der Waals surface area contributed by atoms with Gasteiger partial charge in [0.05, 0.1) is 9.37 Å². The van der Waals surface area contributed by atoms with Crippen molar-refractivity contribution in [1.82, 2.24) is 10.0 Å². The van der Waals surface area contributed by atoms with Crippen LogP contribution >= 0.6 is 28.3 Å². The number of hydrogen-bond donors (Lipinski definition) is 2. The van der Waals surface area contributed by atoms with Gasteiger partial charge in [-0.1, -0.05) is 0 Å². The highest BCUT2D eigenvalue weighted by Crippen LogP contribution is 2.20. The largest absolute Gasteiger partial charge is 0.316 e. The second-order valence-electron chi connectivity index (χ2n) is 4.62. The van der Waals surface area contributed by atoms with Crippen molar-refractivity contribution in [3.63, 3.8) is 0 Å². The number of hydrogen-bond acceptors (Lipinski definition) is 3. The molecule has 1 unspecified atom stereocenters. The van der Waals surface area contributed by atoms with E-state index in [0.29, 0.717) is 12.5 Å². The van der Waals surface area contributed by atoms with Crippen molar-refractivity contribution in [2.75, 3.05) is 19.6 Å². The zero-order valence-electron chi connectivity index (χ0n) is 10.7. The number of benzene rings is 1. The number of sulfonamides is 1. The summed E-state index contributed by atoms with van der Waals surface area (Å²) in [5.41, 5.74) is 0. The summed E-state index contributed by atoms with van der Waals surface area (Å²) in [7, 11) is -3.56. The summed E-state index contributed by atoms with van der Waals surface area (Å²) in [6.45, 7) is 2.36. The fraction of sp³-hybridized carbons (Fsp3) is 0.500. The van der Waals surface area contributed by atoms with E-state index < -0.39 is 15.8 Å². The third kappa shape index (κ3) is 4.66. The maximum absolute atomic E-state index is 13.1. The van der Waals surface area contributed by atoms with Gasteiger partial charge in [0.15, 0.2) is 0 Å². The van der Waals surface area contributed by atoms with Crippen LogP contribution in [-0.2, 0) is 10.0 Å². The average molecular weight is 388 g/mol. The van der Waals surface area contributed by atoms with E-state index in [1.807, 2.05) is 0 Å². The molecule has 0 saturated carbocycles. The minimum atomic E-state index is -3.56. The minimum absolute atomic E-state index is 0. The molecule has 114 valence electrons. The Hall–Kier alpha value is -0.210. The summed E-state index contributed by atoms with van der Waals surface area (Å²) < 4.78 is 39.8. The second-order valence-corrected chi connectivity index (χ2v) is 7.24. The molecular weight excluding hydrogens is 371 g/mol. The molecule has 1 aromatic rings. The zero-order chi connectivity index (χ0) is 13.9. The van der Waals surface area contributed by atoms with Gasteiger partial charge in [-0.25, -0.2) is 17.5 Å². The van der Waals surface area contributed by atoms with E-state index in [0.717, 1.165) is 32.0 Å². The number of halogens is 3. The van der Waals surface area contributed by atoms with Crippen molar-refractivity contribution in [1.29, 1.82) is 0 Å². The molecule has 0 spiro atoms. The first kappa shape index (κ1) is 17.8. The fourth-order valence-corrected chi connectivity index (χ4v) is 3.69. The van der Waals surface area contributed by atoms with Gasteiger partial charge in [-0.3, -0.25) is 0 Å². The molecule has 1 aromatic carbocycles. The molecule has 1 atom stereocenters. The summed E-state index contributed by atoms with van der Waals surface area (Å²) in [5, 5.41) is 3.24. The van der Waals surface area contributed by atoms with Gasteiger partial charge < -0.3 is 5.32 Å². The molecule has 0 amide bonds. The van der Waals surface area contributed by atoms with Gasteiger partial charge in [0.2, 0.25) is 10.0 Å². The third-order valence-electron chi connectivity index (χ3n) is 3.21. The molecule has 1 aliphatic heterocycles. The van der Waals surface area contributed by atoms with Crippen LogP contribution < -0.4 is 10.0 Å². The van der Waals surface area contributed by atoms with E-state index in [9.17, 15) is 12.8 Å². The Bertz CT molecular complexity index is 550. The van der Waals surface area contributed by atoms with Crippen LogP contribution in [0.1, 0.15) is 12.8 Å². The van der Waals surface area contributed by atoms with Gasteiger partial charge in [-0.2, -0.15) is 0 Å². The van der Waals surface area contributed by atoms with E-state index in [2.05, 4.69) is 26.0 Å². The summed E-state index contributed by atoms with van der Waals surface area (Å²) in [6.07, 6.45) is 1.90. The van der Waals surface area contributed by atoms with Crippen LogP contribution in [0, 0.1) is 11.7 Å². The summed E-state index contributed by atoms with van der Waals surface area (Å²) in [6, 6.07) is 3.67. The van der Waals surface area contributed by atoms with Gasteiger partial charge in [0.1, 0.15) is 5.82 Å². The van der Waals surface area contributed by atoms with Crippen LogP contribution in [-0.4, -0.2) is 28.1 Å².